The van der Waals surface area contributed by atoms with Crippen LogP contribution in [0.1, 0.15) is 28.0 Å². The van der Waals surface area contributed by atoms with E-state index in [4.69, 9.17) is 9.47 Å². The quantitative estimate of drug-likeness (QED) is 0.480. The molecule has 1 aromatic heterocycles. The van der Waals surface area contributed by atoms with E-state index >= 15 is 0 Å². The molecule has 1 aliphatic carbocycles. The van der Waals surface area contributed by atoms with E-state index in [1.165, 1.54) is 12.1 Å². The summed E-state index contributed by atoms with van der Waals surface area (Å²) >= 11 is 0. The summed E-state index contributed by atoms with van der Waals surface area (Å²) in [5.41, 5.74) is 4.01. The van der Waals surface area contributed by atoms with Gasteiger partial charge in [0, 0.05) is 23.6 Å². The standard InChI is InChI=1S/C23H22FN3O5S/c1-31-19-10-13-9-18-21(23(28)25-15-7-8-33(29,30)12-15)26-27(16-5-3-14(24)4-6-16)22(18)17(13)11-20(19)32-2/h3-6,10-11,15H,7-9,12H2,1-2H3,(H,25,28)/t15-/m0/s1. The zero-order chi connectivity index (χ0) is 23.3. The van der Waals surface area contributed by atoms with Gasteiger partial charge in [-0.25, -0.2) is 17.5 Å². The van der Waals surface area contributed by atoms with Crippen molar-refractivity contribution in [2.45, 2.75) is 18.9 Å². The molecule has 0 unspecified atom stereocenters. The van der Waals surface area contributed by atoms with Crippen molar-refractivity contribution in [1.82, 2.24) is 15.1 Å². The Balaban J connectivity index is 1.61. The first-order chi connectivity index (χ1) is 15.8. The minimum absolute atomic E-state index is 0.0606. The second kappa shape index (κ2) is 7.87. The molecular weight excluding hydrogens is 449 g/mol. The normalized spacial score (nSPS) is 18.0. The van der Waals surface area contributed by atoms with Crippen LogP contribution < -0.4 is 14.8 Å². The number of nitrogens with zero attached hydrogens (tertiary/aromatic N) is 2. The summed E-state index contributed by atoms with van der Waals surface area (Å²) in [7, 11) is -0.0352. The van der Waals surface area contributed by atoms with Crippen LogP contribution >= 0.6 is 0 Å². The van der Waals surface area contributed by atoms with Gasteiger partial charge >= 0.3 is 0 Å². The topological polar surface area (TPSA) is 99.5 Å². The SMILES string of the molecule is COc1cc2c(cc1OC)-c1c(c(C(=O)N[C@H]3CCS(=O)(=O)C3)nn1-c1ccc(F)cc1)C2. The van der Waals surface area contributed by atoms with E-state index in [0.29, 0.717) is 41.3 Å². The fourth-order valence-corrected chi connectivity index (χ4v) is 6.16. The monoisotopic (exact) mass is 471 g/mol. The van der Waals surface area contributed by atoms with Gasteiger partial charge in [-0.15, -0.1) is 0 Å². The van der Waals surface area contributed by atoms with Crippen molar-refractivity contribution < 1.29 is 27.1 Å². The molecule has 0 radical (unpaired) electrons. The Labute approximate surface area is 190 Å². The predicted octanol–water partition coefficient (Wildman–Crippen LogP) is 2.52. The summed E-state index contributed by atoms with van der Waals surface area (Å²) in [6, 6.07) is 9.10. The molecule has 1 atom stereocenters. The van der Waals surface area contributed by atoms with Crippen LogP contribution in [0.15, 0.2) is 36.4 Å². The molecule has 8 nitrogen and oxygen atoms in total. The molecule has 2 heterocycles. The van der Waals surface area contributed by atoms with E-state index in [9.17, 15) is 17.6 Å². The van der Waals surface area contributed by atoms with Gasteiger partial charge in [-0.3, -0.25) is 4.79 Å². The summed E-state index contributed by atoms with van der Waals surface area (Å²) in [4.78, 5) is 13.2. The third-order valence-electron chi connectivity index (χ3n) is 6.07. The van der Waals surface area contributed by atoms with Gasteiger partial charge in [0.1, 0.15) is 5.82 Å². The minimum Gasteiger partial charge on any atom is -0.493 e. The third kappa shape index (κ3) is 3.74. The molecule has 33 heavy (non-hydrogen) atoms. The number of sulfone groups is 1. The second-order valence-corrected chi connectivity index (χ2v) is 10.4. The van der Waals surface area contributed by atoms with Crippen molar-refractivity contribution in [2.75, 3.05) is 25.7 Å². The largest absolute Gasteiger partial charge is 0.493 e. The summed E-state index contributed by atoms with van der Waals surface area (Å²) < 4.78 is 49.7. The average Bonchev–Trinajstić information content (AvgIpc) is 3.44. The third-order valence-corrected chi connectivity index (χ3v) is 7.84. The summed E-state index contributed by atoms with van der Waals surface area (Å²) in [6.07, 6.45) is 0.821. The van der Waals surface area contributed by atoms with Crippen molar-refractivity contribution in [2.24, 2.45) is 0 Å². The Kier molecular flexibility index (Phi) is 5.12. The number of hydrogen-bond donors (Lipinski definition) is 1. The van der Waals surface area contributed by atoms with Gasteiger partial charge in [0.15, 0.2) is 27.0 Å². The number of halogens is 1. The summed E-state index contributed by atoms with van der Waals surface area (Å²) in [6.45, 7) is 0. The Morgan fingerprint density at radius 1 is 1.15 bits per heavy atom. The number of methoxy groups -OCH3 is 2. The van der Waals surface area contributed by atoms with Gasteiger partial charge in [-0.05, 0) is 48.4 Å². The number of amides is 1. The summed E-state index contributed by atoms with van der Waals surface area (Å²) in [5.74, 6) is 0.290. The number of carbonyl (C=O) groups is 1. The van der Waals surface area contributed by atoms with Gasteiger partial charge < -0.3 is 14.8 Å². The molecule has 1 amide bonds. The van der Waals surface area contributed by atoms with E-state index in [-0.39, 0.29) is 23.0 Å². The molecule has 5 rings (SSSR count). The van der Waals surface area contributed by atoms with Crippen molar-refractivity contribution in [3.05, 3.63) is 59.0 Å². The Morgan fingerprint density at radius 2 is 1.85 bits per heavy atom. The van der Waals surface area contributed by atoms with Crippen molar-refractivity contribution >= 4 is 15.7 Å². The average molecular weight is 472 g/mol. The highest BCUT2D eigenvalue weighted by Gasteiger charge is 2.35. The number of ether oxygens (including phenoxy) is 2. The molecule has 10 heteroatoms. The van der Waals surface area contributed by atoms with Crippen molar-refractivity contribution in [3.8, 4) is 28.4 Å². The fourth-order valence-electron chi connectivity index (χ4n) is 4.49. The first kappa shape index (κ1) is 21.4. The number of hydrogen-bond acceptors (Lipinski definition) is 6. The molecule has 1 saturated heterocycles. The van der Waals surface area contributed by atoms with Gasteiger partial charge in [0.25, 0.3) is 5.91 Å². The molecule has 3 aromatic rings. The van der Waals surface area contributed by atoms with Gasteiger partial charge in [-0.2, -0.15) is 5.10 Å². The minimum atomic E-state index is -3.14. The lowest BCUT2D eigenvalue weighted by Crippen LogP contribution is -2.36. The van der Waals surface area contributed by atoms with Crippen LogP contribution in [0.4, 0.5) is 4.39 Å². The van der Waals surface area contributed by atoms with E-state index in [1.54, 1.807) is 31.0 Å². The Bertz CT molecular complexity index is 1370. The maximum atomic E-state index is 13.5. The van der Waals surface area contributed by atoms with E-state index in [1.807, 2.05) is 12.1 Å². The first-order valence-electron chi connectivity index (χ1n) is 10.4. The number of carbonyl (C=O) groups excluding carboxylic acids is 1. The van der Waals surface area contributed by atoms with Crippen molar-refractivity contribution in [3.63, 3.8) is 0 Å². The molecule has 0 saturated carbocycles. The maximum Gasteiger partial charge on any atom is 0.272 e. The van der Waals surface area contributed by atoms with Crippen LogP contribution in [0.3, 0.4) is 0 Å². The lowest BCUT2D eigenvalue weighted by molar-refractivity contribution is 0.0935. The molecular formula is C23H22FN3O5S. The van der Waals surface area contributed by atoms with Gasteiger partial charge in [0.2, 0.25) is 0 Å². The van der Waals surface area contributed by atoms with Gasteiger partial charge in [0.05, 0.1) is 37.1 Å². The van der Waals surface area contributed by atoms with Crippen LogP contribution in [0.25, 0.3) is 16.9 Å². The van der Waals surface area contributed by atoms with Crippen molar-refractivity contribution in [1.29, 1.82) is 0 Å². The van der Waals surface area contributed by atoms with Crippen LogP contribution in [0.5, 0.6) is 11.5 Å². The first-order valence-corrected chi connectivity index (χ1v) is 12.3. The second-order valence-electron chi connectivity index (χ2n) is 8.18. The fraction of sp³-hybridized carbons (Fsp3) is 0.304. The zero-order valence-electron chi connectivity index (χ0n) is 18.1. The number of rotatable bonds is 5. The molecule has 172 valence electrons. The highest BCUT2D eigenvalue weighted by Crippen LogP contribution is 2.44. The molecule has 2 aliphatic rings. The number of nitrogens with one attached hydrogen (secondary N) is 1. The molecule has 1 aliphatic heterocycles. The summed E-state index contributed by atoms with van der Waals surface area (Å²) in [5, 5.41) is 7.39. The van der Waals surface area contributed by atoms with E-state index in [2.05, 4.69) is 10.4 Å². The van der Waals surface area contributed by atoms with Crippen LogP contribution in [-0.4, -0.2) is 55.9 Å². The van der Waals surface area contributed by atoms with Crippen LogP contribution in [0, 0.1) is 5.82 Å². The molecule has 0 spiro atoms. The lowest BCUT2D eigenvalue weighted by Gasteiger charge is -2.12. The lowest BCUT2D eigenvalue weighted by atomic mass is 10.1. The van der Waals surface area contributed by atoms with Gasteiger partial charge in [-0.1, -0.05) is 0 Å². The highest BCUT2D eigenvalue weighted by atomic mass is 32.2. The molecule has 0 bridgehead atoms. The number of fused-ring (bicyclic) bond motifs is 3. The molecule has 1 fully saturated rings. The number of aromatic nitrogens is 2. The Morgan fingerprint density at radius 3 is 2.48 bits per heavy atom. The maximum absolute atomic E-state index is 13.5. The van der Waals surface area contributed by atoms with E-state index < -0.39 is 21.8 Å². The Hall–Kier alpha value is -3.40. The molecule has 1 N–H and O–H groups in total. The van der Waals surface area contributed by atoms with Crippen LogP contribution in [-0.2, 0) is 16.3 Å². The zero-order valence-corrected chi connectivity index (χ0v) is 18.9. The highest BCUT2D eigenvalue weighted by molar-refractivity contribution is 7.91. The predicted molar refractivity (Wildman–Crippen MR) is 119 cm³/mol. The molecule has 2 aromatic carbocycles. The number of benzene rings is 2. The van der Waals surface area contributed by atoms with Crippen LogP contribution in [0.2, 0.25) is 0 Å². The van der Waals surface area contributed by atoms with E-state index in [0.717, 1.165) is 11.1 Å². The smallest absolute Gasteiger partial charge is 0.272 e.